The Balaban J connectivity index is 1.46. The van der Waals surface area contributed by atoms with Crippen molar-refractivity contribution < 1.29 is 32.9 Å². The maximum atomic E-state index is 14.0. The molecule has 0 bridgehead atoms. The minimum atomic E-state index is -2.46. The fraction of sp³-hybridized carbons (Fsp3) is 0.500. The first-order valence-corrected chi connectivity index (χ1v) is 13.7. The highest BCUT2D eigenvalue weighted by Gasteiger charge is 2.76. The van der Waals surface area contributed by atoms with Gasteiger partial charge >= 0.3 is 18.6 Å². The van der Waals surface area contributed by atoms with Gasteiger partial charge in [-0.15, -0.1) is 0 Å². The lowest BCUT2D eigenvalue weighted by Gasteiger charge is -2.52. The van der Waals surface area contributed by atoms with Crippen molar-refractivity contribution in [2.75, 3.05) is 7.05 Å². The Morgan fingerprint density at radius 2 is 1.74 bits per heavy atom. The molecule has 0 unspecified atom stereocenters. The van der Waals surface area contributed by atoms with E-state index in [2.05, 4.69) is 15.3 Å². The molecule has 3 aliphatic rings. The lowest BCUT2D eigenvalue weighted by atomic mass is 9.50. The van der Waals surface area contributed by atoms with Crippen LogP contribution in [0, 0.1) is 5.92 Å². The number of aromatic nitrogens is 2. The van der Waals surface area contributed by atoms with Crippen LogP contribution in [0.3, 0.4) is 0 Å². The number of piperidine rings is 1. The van der Waals surface area contributed by atoms with E-state index in [1.54, 1.807) is 0 Å². The molecule has 5 rings (SSSR count). The van der Waals surface area contributed by atoms with Crippen molar-refractivity contribution in [1.29, 1.82) is 0 Å². The number of Topliss-reactive ketones (excluding diaryl/α,β-unsaturated/α-hetero) is 1. The third-order valence-corrected chi connectivity index (χ3v) is 8.79. The number of benzene rings is 1. The smallest absolute Gasteiger partial charge is 0.587 e. The highest BCUT2D eigenvalue weighted by molar-refractivity contribution is 6.68. The molecule has 1 aromatic heterocycles. The number of nitrogens with one attached hydrogen (secondary N) is 1. The van der Waals surface area contributed by atoms with Gasteiger partial charge in [-0.2, -0.15) is 0 Å². The normalized spacial score (nSPS) is 28.8. The van der Waals surface area contributed by atoms with Crippen LogP contribution in [0.1, 0.15) is 62.0 Å². The van der Waals surface area contributed by atoms with Gasteiger partial charge in [-0.3, -0.25) is 14.6 Å². The average Bonchev–Trinajstić information content (AvgIpc) is 3.28. The summed E-state index contributed by atoms with van der Waals surface area (Å²) >= 11 is 0. The van der Waals surface area contributed by atoms with Crippen LogP contribution in [0.4, 0.5) is 0 Å². The molecular formula is C28H35BN4O6. The van der Waals surface area contributed by atoms with Crippen molar-refractivity contribution >= 4 is 30.3 Å². The molecule has 1 aromatic carbocycles. The van der Waals surface area contributed by atoms with Crippen molar-refractivity contribution in [3.8, 4) is 0 Å². The van der Waals surface area contributed by atoms with Crippen molar-refractivity contribution in [3.05, 3.63) is 60.2 Å². The number of ketones is 1. The number of amides is 1. The van der Waals surface area contributed by atoms with Crippen LogP contribution >= 0.6 is 0 Å². The Labute approximate surface area is 228 Å². The van der Waals surface area contributed by atoms with Gasteiger partial charge in [0.15, 0.2) is 5.78 Å². The van der Waals surface area contributed by atoms with Gasteiger partial charge in [0.05, 0.1) is 12.2 Å². The molecule has 2 aromatic rings. The molecule has 4 atom stereocenters. The van der Waals surface area contributed by atoms with Crippen LogP contribution < -0.4 is 5.32 Å². The first kappa shape index (κ1) is 27.0. The predicted molar refractivity (Wildman–Crippen MR) is 142 cm³/mol. The quantitative estimate of drug-likeness (QED) is 0.462. The Hall–Kier alpha value is -3.60. The van der Waals surface area contributed by atoms with E-state index in [-0.39, 0.29) is 46.6 Å². The van der Waals surface area contributed by atoms with Crippen molar-refractivity contribution in [2.24, 2.45) is 5.92 Å². The fourth-order valence-electron chi connectivity index (χ4n) is 7.01. The third-order valence-electron chi connectivity index (χ3n) is 8.79. The molecule has 0 aliphatic carbocycles. The summed E-state index contributed by atoms with van der Waals surface area (Å²) in [5.41, 5.74) is 0.991. The van der Waals surface area contributed by atoms with Crippen molar-refractivity contribution in [1.82, 2.24) is 15.3 Å². The Morgan fingerprint density at radius 1 is 1.08 bits per heavy atom. The van der Waals surface area contributed by atoms with Gasteiger partial charge in [0.25, 0.3) is 5.91 Å². The number of carbonyl (C=O) groups excluding carboxylic acids is 4. The Bertz CT molecular complexity index is 1230. The van der Waals surface area contributed by atoms with Crippen molar-refractivity contribution in [2.45, 2.75) is 76.3 Å². The molecule has 3 saturated heterocycles. The van der Waals surface area contributed by atoms with E-state index in [1.165, 1.54) is 18.6 Å². The zero-order valence-electron chi connectivity index (χ0n) is 22.6. The maximum absolute atomic E-state index is 14.0. The summed E-state index contributed by atoms with van der Waals surface area (Å²) in [5.74, 6) is -1.81. The SMILES string of the molecule is CC(C)C[C@H](CC(=O)[C@H](Cc1ccccc1)NC(=O)c1cnccn1)[B-]12OC(=O)[C@@H]3CCC[C@@H](C(=O)O1)[N+]32C. The molecule has 206 valence electrons. The molecule has 4 heterocycles. The standard InChI is InChI=1S/C28H35BN4O6/c1-18(2)14-20(29-33(3)23(27(36)38-29)10-7-11-24(33)28(37)39-29)16-25(34)21(15-19-8-5-4-6-9-19)32-26(35)22-17-30-12-13-31-22/h4-6,8-9,12-13,17-18,20-21,23-24H,7,10-11,14-16H2,1-3H3,(H,32,35)/t20-,21+,23+,24+,29?,33?/m1/s1. The van der Waals surface area contributed by atoms with Gasteiger partial charge in [0.1, 0.15) is 17.8 Å². The fourth-order valence-corrected chi connectivity index (χ4v) is 7.01. The van der Waals surface area contributed by atoms with E-state index in [4.69, 9.17) is 9.31 Å². The topological polar surface area (TPSA) is 125 Å². The van der Waals surface area contributed by atoms with Crippen LogP contribution in [0.2, 0.25) is 5.82 Å². The average molecular weight is 534 g/mol. The highest BCUT2D eigenvalue weighted by atomic mass is 16.7. The summed E-state index contributed by atoms with van der Waals surface area (Å²) in [4.78, 5) is 61.3. The zero-order valence-corrected chi connectivity index (χ0v) is 22.6. The van der Waals surface area contributed by atoms with E-state index in [9.17, 15) is 19.2 Å². The second kappa shape index (κ2) is 10.5. The minimum Gasteiger partial charge on any atom is -0.600 e. The molecule has 0 spiro atoms. The zero-order chi connectivity index (χ0) is 27.8. The maximum Gasteiger partial charge on any atom is 0.587 e. The van der Waals surface area contributed by atoms with E-state index < -0.39 is 36.5 Å². The van der Waals surface area contributed by atoms with Crippen LogP contribution in [0.25, 0.3) is 0 Å². The lowest BCUT2D eigenvalue weighted by molar-refractivity contribution is -0.850. The Morgan fingerprint density at radius 3 is 2.33 bits per heavy atom. The number of rotatable bonds is 10. The number of carbonyl (C=O) groups is 4. The molecule has 0 saturated carbocycles. The van der Waals surface area contributed by atoms with E-state index in [0.29, 0.717) is 19.3 Å². The molecule has 10 nitrogen and oxygen atoms in total. The summed E-state index contributed by atoms with van der Waals surface area (Å²) in [6.07, 6.45) is 7.02. The Kier molecular flexibility index (Phi) is 7.28. The molecule has 3 aliphatic heterocycles. The molecule has 39 heavy (non-hydrogen) atoms. The summed E-state index contributed by atoms with van der Waals surface area (Å²) < 4.78 is 12.2. The predicted octanol–water partition coefficient (Wildman–Crippen LogP) is 2.61. The van der Waals surface area contributed by atoms with E-state index >= 15 is 0 Å². The monoisotopic (exact) mass is 534 g/mol. The highest BCUT2D eigenvalue weighted by Crippen LogP contribution is 2.54. The summed E-state index contributed by atoms with van der Waals surface area (Å²) in [7, 11) is 1.89. The first-order chi connectivity index (χ1) is 18.7. The van der Waals surface area contributed by atoms with Gasteiger partial charge in [-0.25, -0.2) is 14.6 Å². The van der Waals surface area contributed by atoms with Gasteiger partial charge in [0.2, 0.25) is 0 Å². The van der Waals surface area contributed by atoms with Crippen LogP contribution in [0.5, 0.6) is 0 Å². The summed E-state index contributed by atoms with van der Waals surface area (Å²) in [5, 5.41) is 2.85. The number of hydrogen-bond acceptors (Lipinski definition) is 8. The second-order valence-electron chi connectivity index (χ2n) is 11.7. The van der Waals surface area contributed by atoms with Gasteiger partial charge in [-0.05, 0) is 36.6 Å². The largest absolute Gasteiger partial charge is 0.600 e. The first-order valence-electron chi connectivity index (χ1n) is 13.7. The third kappa shape index (κ3) is 4.73. The summed E-state index contributed by atoms with van der Waals surface area (Å²) in [6, 6.07) is 7.62. The van der Waals surface area contributed by atoms with Crippen molar-refractivity contribution in [3.63, 3.8) is 0 Å². The molecule has 1 N–H and O–H groups in total. The van der Waals surface area contributed by atoms with Crippen LogP contribution in [0.15, 0.2) is 48.9 Å². The van der Waals surface area contributed by atoms with Crippen LogP contribution in [-0.2, 0) is 30.1 Å². The van der Waals surface area contributed by atoms with Gasteiger partial charge in [0, 0.05) is 32.3 Å². The number of nitrogens with zero attached hydrogens (tertiary/aromatic N) is 3. The molecule has 1 amide bonds. The van der Waals surface area contributed by atoms with Gasteiger partial charge in [-0.1, -0.05) is 50.6 Å². The minimum absolute atomic E-state index is 0.00965. The molecular weight excluding hydrogens is 499 g/mol. The molecule has 3 fully saturated rings. The van der Waals surface area contributed by atoms with Crippen LogP contribution in [-0.4, -0.2) is 69.9 Å². The van der Waals surface area contributed by atoms with E-state index in [1.807, 2.05) is 51.2 Å². The number of likely N-dealkylation sites (N-methyl/N-ethyl adjacent to an activating group) is 1. The number of hydrogen-bond donors (Lipinski definition) is 1. The lowest BCUT2D eigenvalue weighted by Crippen LogP contribution is -2.70. The number of quaternary nitrogens is 1. The molecule has 11 heteroatoms. The van der Waals surface area contributed by atoms with E-state index in [0.717, 1.165) is 12.0 Å². The summed E-state index contributed by atoms with van der Waals surface area (Å²) in [6.45, 7) is 1.60. The molecule has 0 radical (unpaired) electrons. The second-order valence-corrected chi connectivity index (χ2v) is 11.7. The van der Waals surface area contributed by atoms with Gasteiger partial charge < -0.3 is 19.0 Å².